The number of fused-ring (bicyclic) bond motifs is 1. The van der Waals surface area contributed by atoms with Gasteiger partial charge in [0.15, 0.2) is 0 Å². The van der Waals surface area contributed by atoms with Gasteiger partial charge in [0, 0.05) is 22.7 Å². The van der Waals surface area contributed by atoms with E-state index in [-0.39, 0.29) is 11.7 Å². The van der Waals surface area contributed by atoms with Crippen LogP contribution in [-0.2, 0) is 16.0 Å². The molecule has 2 rings (SSSR count). The zero-order valence-corrected chi connectivity index (χ0v) is 10.6. The fourth-order valence-electron chi connectivity index (χ4n) is 2.09. The summed E-state index contributed by atoms with van der Waals surface area (Å²) < 4.78 is 4.90. The Balaban J connectivity index is 2.18. The number of aromatic nitrogens is 1. The number of phenols is 1. The number of hydrogen-bond acceptors (Lipinski definition) is 3. The minimum Gasteiger partial charge on any atom is -0.508 e. The monoisotopic (exact) mass is 247 g/mol. The van der Waals surface area contributed by atoms with E-state index in [2.05, 4.69) is 4.98 Å². The van der Waals surface area contributed by atoms with Crippen molar-refractivity contribution in [3.63, 3.8) is 0 Å². The Bertz CT molecular complexity index is 572. The van der Waals surface area contributed by atoms with Gasteiger partial charge in [-0.25, -0.2) is 0 Å². The average molecular weight is 247 g/mol. The highest BCUT2D eigenvalue weighted by Gasteiger charge is 2.10. The van der Waals surface area contributed by atoms with Gasteiger partial charge in [-0.2, -0.15) is 0 Å². The third-order valence-corrected chi connectivity index (χ3v) is 3.03. The lowest BCUT2D eigenvalue weighted by Gasteiger charge is -2.01. The van der Waals surface area contributed by atoms with Crippen molar-refractivity contribution in [1.29, 1.82) is 0 Å². The molecule has 0 aliphatic heterocycles. The highest BCUT2D eigenvalue weighted by molar-refractivity contribution is 5.85. The molecule has 0 aliphatic rings. The van der Waals surface area contributed by atoms with Crippen LogP contribution < -0.4 is 0 Å². The van der Waals surface area contributed by atoms with Gasteiger partial charge in [-0.15, -0.1) is 0 Å². The zero-order valence-electron chi connectivity index (χ0n) is 10.6. The van der Waals surface area contributed by atoms with E-state index in [1.807, 2.05) is 13.0 Å². The Morgan fingerprint density at radius 2 is 2.22 bits per heavy atom. The second-order valence-corrected chi connectivity index (χ2v) is 4.26. The average Bonchev–Trinajstić information content (AvgIpc) is 2.63. The Morgan fingerprint density at radius 3 is 2.94 bits per heavy atom. The molecule has 0 amide bonds. The molecule has 0 saturated carbocycles. The van der Waals surface area contributed by atoms with Gasteiger partial charge in [0.05, 0.1) is 13.0 Å². The van der Waals surface area contributed by atoms with Crippen LogP contribution in [0.2, 0.25) is 0 Å². The number of carbonyl (C=O) groups excluding carboxylic acids is 1. The SMILES string of the molecule is CCOC(=O)CCc1[nH]c2cc(O)ccc2c1C. The van der Waals surface area contributed by atoms with Crippen molar-refractivity contribution >= 4 is 16.9 Å². The summed E-state index contributed by atoms with van der Waals surface area (Å²) >= 11 is 0. The maximum absolute atomic E-state index is 11.3. The molecule has 18 heavy (non-hydrogen) atoms. The maximum atomic E-state index is 11.3. The van der Waals surface area contributed by atoms with Gasteiger partial charge in [0.25, 0.3) is 0 Å². The minimum absolute atomic E-state index is 0.182. The largest absolute Gasteiger partial charge is 0.508 e. The van der Waals surface area contributed by atoms with Crippen LogP contribution in [0.4, 0.5) is 0 Å². The molecule has 0 aliphatic carbocycles. The van der Waals surface area contributed by atoms with Crippen molar-refractivity contribution in [2.24, 2.45) is 0 Å². The smallest absolute Gasteiger partial charge is 0.306 e. The predicted octanol–water partition coefficient (Wildman–Crippen LogP) is 2.68. The van der Waals surface area contributed by atoms with Crippen LogP contribution >= 0.6 is 0 Å². The molecular formula is C14H17NO3. The molecule has 1 aromatic heterocycles. The first-order chi connectivity index (χ1) is 8.61. The number of benzene rings is 1. The van der Waals surface area contributed by atoms with Gasteiger partial charge in [0.1, 0.15) is 5.75 Å². The minimum atomic E-state index is -0.182. The topological polar surface area (TPSA) is 62.3 Å². The molecule has 0 saturated heterocycles. The number of hydrogen-bond donors (Lipinski definition) is 2. The quantitative estimate of drug-likeness (QED) is 0.816. The molecular weight excluding hydrogens is 230 g/mol. The number of H-pyrrole nitrogens is 1. The lowest BCUT2D eigenvalue weighted by molar-refractivity contribution is -0.143. The fourth-order valence-corrected chi connectivity index (χ4v) is 2.09. The molecule has 0 unspecified atom stereocenters. The number of esters is 1. The van der Waals surface area contributed by atoms with Crippen molar-refractivity contribution in [2.75, 3.05) is 6.61 Å². The van der Waals surface area contributed by atoms with Crippen LogP contribution in [-0.4, -0.2) is 22.7 Å². The van der Waals surface area contributed by atoms with Gasteiger partial charge >= 0.3 is 5.97 Å². The standard InChI is InChI=1S/C14H17NO3/c1-3-18-14(17)7-6-12-9(2)11-5-4-10(16)8-13(11)15-12/h4-5,8,15-16H,3,6-7H2,1-2H3. The Morgan fingerprint density at radius 1 is 1.44 bits per heavy atom. The van der Waals surface area contributed by atoms with Crippen LogP contribution in [0.5, 0.6) is 5.75 Å². The Hall–Kier alpha value is -1.97. The normalized spacial score (nSPS) is 10.8. The molecule has 0 atom stereocenters. The van der Waals surface area contributed by atoms with E-state index in [0.717, 1.165) is 22.2 Å². The number of aryl methyl sites for hydroxylation is 2. The molecule has 0 bridgehead atoms. The summed E-state index contributed by atoms with van der Waals surface area (Å²) in [7, 11) is 0. The van der Waals surface area contributed by atoms with Gasteiger partial charge in [-0.3, -0.25) is 4.79 Å². The second-order valence-electron chi connectivity index (χ2n) is 4.26. The summed E-state index contributed by atoms with van der Waals surface area (Å²) in [6.07, 6.45) is 0.994. The van der Waals surface area contributed by atoms with Crippen LogP contribution in [0.15, 0.2) is 18.2 Å². The van der Waals surface area contributed by atoms with Gasteiger partial charge in [0.2, 0.25) is 0 Å². The van der Waals surface area contributed by atoms with Crippen LogP contribution in [0.3, 0.4) is 0 Å². The molecule has 1 aromatic carbocycles. The molecule has 0 fully saturated rings. The van der Waals surface area contributed by atoms with Crippen LogP contribution in [0.1, 0.15) is 24.6 Å². The Kier molecular flexibility index (Phi) is 3.55. The lowest BCUT2D eigenvalue weighted by atomic mass is 10.1. The van der Waals surface area contributed by atoms with Crippen LogP contribution in [0, 0.1) is 6.92 Å². The van der Waals surface area contributed by atoms with Gasteiger partial charge < -0.3 is 14.8 Å². The molecule has 4 nitrogen and oxygen atoms in total. The highest BCUT2D eigenvalue weighted by atomic mass is 16.5. The van der Waals surface area contributed by atoms with Crippen molar-refractivity contribution in [3.8, 4) is 5.75 Å². The summed E-state index contributed by atoms with van der Waals surface area (Å²) in [6, 6.07) is 5.23. The zero-order chi connectivity index (χ0) is 13.1. The van der Waals surface area contributed by atoms with E-state index in [0.29, 0.717) is 19.4 Å². The molecule has 2 N–H and O–H groups in total. The maximum Gasteiger partial charge on any atom is 0.306 e. The number of nitrogens with one attached hydrogen (secondary N) is 1. The highest BCUT2D eigenvalue weighted by Crippen LogP contribution is 2.25. The van der Waals surface area contributed by atoms with E-state index < -0.39 is 0 Å². The number of carbonyl (C=O) groups is 1. The first-order valence-electron chi connectivity index (χ1n) is 6.07. The first-order valence-corrected chi connectivity index (χ1v) is 6.07. The van der Waals surface area contributed by atoms with Gasteiger partial charge in [-0.1, -0.05) is 0 Å². The summed E-state index contributed by atoms with van der Waals surface area (Å²) in [4.78, 5) is 14.6. The third kappa shape index (κ3) is 2.47. The summed E-state index contributed by atoms with van der Waals surface area (Å²) in [6.45, 7) is 4.23. The molecule has 0 spiro atoms. The van der Waals surface area contributed by atoms with Crippen molar-refractivity contribution in [2.45, 2.75) is 26.7 Å². The molecule has 2 aromatic rings. The molecule has 0 radical (unpaired) electrons. The molecule has 1 heterocycles. The number of rotatable bonds is 4. The van der Waals surface area contributed by atoms with Crippen molar-refractivity contribution in [1.82, 2.24) is 4.98 Å². The first kappa shape index (κ1) is 12.5. The summed E-state index contributed by atoms with van der Waals surface area (Å²) in [5.41, 5.74) is 3.03. The van der Waals surface area contributed by atoms with E-state index in [1.165, 1.54) is 0 Å². The number of aromatic hydroxyl groups is 1. The van der Waals surface area contributed by atoms with E-state index in [4.69, 9.17) is 4.74 Å². The summed E-state index contributed by atoms with van der Waals surface area (Å²) in [5, 5.41) is 10.5. The summed E-state index contributed by atoms with van der Waals surface area (Å²) in [5.74, 6) is 0.0547. The van der Waals surface area contributed by atoms with Gasteiger partial charge in [-0.05, 0) is 38.0 Å². The van der Waals surface area contributed by atoms with E-state index in [9.17, 15) is 9.90 Å². The number of phenolic OH excluding ortho intramolecular Hbond substituents is 1. The second kappa shape index (κ2) is 5.12. The predicted molar refractivity (Wildman–Crippen MR) is 69.7 cm³/mol. The van der Waals surface area contributed by atoms with Crippen molar-refractivity contribution in [3.05, 3.63) is 29.5 Å². The fraction of sp³-hybridized carbons (Fsp3) is 0.357. The Labute approximate surface area is 106 Å². The molecule has 96 valence electrons. The van der Waals surface area contributed by atoms with Crippen LogP contribution in [0.25, 0.3) is 10.9 Å². The van der Waals surface area contributed by atoms with E-state index in [1.54, 1.807) is 19.1 Å². The van der Waals surface area contributed by atoms with Crippen molar-refractivity contribution < 1.29 is 14.6 Å². The number of ether oxygens (including phenoxy) is 1. The third-order valence-electron chi connectivity index (χ3n) is 3.03. The van der Waals surface area contributed by atoms with E-state index >= 15 is 0 Å². The number of aromatic amines is 1. The lowest BCUT2D eigenvalue weighted by Crippen LogP contribution is -2.05. The molecule has 4 heteroatoms.